The van der Waals surface area contributed by atoms with Gasteiger partial charge in [-0.15, -0.1) is 0 Å². The molecule has 1 saturated carbocycles. The summed E-state index contributed by atoms with van der Waals surface area (Å²) >= 11 is 0. The predicted molar refractivity (Wildman–Crippen MR) is 63.4 cm³/mol. The molecule has 1 aromatic rings. The molecule has 0 aliphatic heterocycles. The number of aryl methyl sites for hydroxylation is 2. The Morgan fingerprint density at radius 2 is 2.25 bits per heavy atom. The van der Waals surface area contributed by atoms with E-state index in [2.05, 4.69) is 11.4 Å². The highest BCUT2D eigenvalue weighted by molar-refractivity contribution is 5.19. The second-order valence-electron chi connectivity index (χ2n) is 4.63. The van der Waals surface area contributed by atoms with E-state index in [1.54, 1.807) is 0 Å². The smallest absolute Gasteiger partial charge is 0.105 e. The van der Waals surface area contributed by atoms with E-state index in [-0.39, 0.29) is 0 Å². The summed E-state index contributed by atoms with van der Waals surface area (Å²) in [5, 5.41) is 3.36. The summed E-state index contributed by atoms with van der Waals surface area (Å²) < 4.78 is 11.0. The molecule has 3 nitrogen and oxygen atoms in total. The van der Waals surface area contributed by atoms with Crippen molar-refractivity contribution < 1.29 is 9.15 Å². The van der Waals surface area contributed by atoms with Crippen LogP contribution in [-0.4, -0.2) is 19.8 Å². The molecule has 1 heterocycles. The lowest BCUT2D eigenvalue weighted by Gasteiger charge is -2.04. The van der Waals surface area contributed by atoms with Crippen molar-refractivity contribution in [3.8, 4) is 0 Å². The maximum atomic E-state index is 5.55. The molecule has 0 unspecified atom stereocenters. The summed E-state index contributed by atoms with van der Waals surface area (Å²) in [6.07, 6.45) is 2.72. The Morgan fingerprint density at radius 3 is 2.88 bits per heavy atom. The van der Waals surface area contributed by atoms with Gasteiger partial charge in [0.2, 0.25) is 0 Å². The third-order valence-electron chi connectivity index (χ3n) is 2.93. The summed E-state index contributed by atoms with van der Waals surface area (Å²) in [7, 11) is 0. The topological polar surface area (TPSA) is 34.4 Å². The van der Waals surface area contributed by atoms with Gasteiger partial charge in [0.15, 0.2) is 0 Å². The molecule has 0 saturated heterocycles. The normalized spacial score (nSPS) is 15.6. The van der Waals surface area contributed by atoms with E-state index in [4.69, 9.17) is 9.15 Å². The van der Waals surface area contributed by atoms with E-state index in [1.807, 2.05) is 13.8 Å². The first kappa shape index (κ1) is 11.7. The van der Waals surface area contributed by atoms with Gasteiger partial charge in [-0.25, -0.2) is 0 Å². The number of nitrogens with one attached hydrogen (secondary N) is 1. The molecule has 2 rings (SSSR count). The minimum Gasteiger partial charge on any atom is -0.466 e. The van der Waals surface area contributed by atoms with Crippen molar-refractivity contribution in [3.63, 3.8) is 0 Å². The minimum absolute atomic E-state index is 0.812. The Balaban J connectivity index is 1.54. The van der Waals surface area contributed by atoms with Crippen molar-refractivity contribution in [2.75, 3.05) is 19.8 Å². The summed E-state index contributed by atoms with van der Waals surface area (Å²) in [5.74, 6) is 2.86. The molecule has 16 heavy (non-hydrogen) atoms. The summed E-state index contributed by atoms with van der Waals surface area (Å²) in [5.41, 5.74) is 1.25. The second-order valence-corrected chi connectivity index (χ2v) is 4.63. The highest BCUT2D eigenvalue weighted by Gasteiger charge is 2.20. The molecule has 0 bridgehead atoms. The monoisotopic (exact) mass is 223 g/mol. The zero-order valence-corrected chi connectivity index (χ0v) is 10.2. The number of hydrogen-bond donors (Lipinski definition) is 1. The van der Waals surface area contributed by atoms with Crippen molar-refractivity contribution in [2.24, 2.45) is 5.92 Å². The molecular formula is C13H21NO2. The quantitative estimate of drug-likeness (QED) is 0.721. The summed E-state index contributed by atoms with van der Waals surface area (Å²) in [4.78, 5) is 0. The fourth-order valence-electron chi connectivity index (χ4n) is 1.76. The molecule has 90 valence electrons. The van der Waals surface area contributed by atoms with Gasteiger partial charge >= 0.3 is 0 Å². The van der Waals surface area contributed by atoms with Crippen LogP contribution in [0.1, 0.15) is 29.9 Å². The predicted octanol–water partition coefficient (Wildman–Crippen LogP) is 2.41. The lowest BCUT2D eigenvalue weighted by atomic mass is 10.2. The van der Waals surface area contributed by atoms with Gasteiger partial charge in [0.05, 0.1) is 6.61 Å². The van der Waals surface area contributed by atoms with E-state index >= 15 is 0 Å². The van der Waals surface area contributed by atoms with Gasteiger partial charge in [0.25, 0.3) is 0 Å². The van der Waals surface area contributed by atoms with E-state index in [9.17, 15) is 0 Å². The Hall–Kier alpha value is -0.800. The van der Waals surface area contributed by atoms with Crippen LogP contribution >= 0.6 is 0 Å². The fraction of sp³-hybridized carbons (Fsp3) is 0.692. The van der Waals surface area contributed by atoms with Gasteiger partial charge in [0.1, 0.15) is 11.5 Å². The highest BCUT2D eigenvalue weighted by atomic mass is 16.5. The molecule has 1 N–H and O–H groups in total. The molecule has 0 amide bonds. The lowest BCUT2D eigenvalue weighted by molar-refractivity contribution is 0.126. The summed E-state index contributed by atoms with van der Waals surface area (Å²) in [6, 6.07) is 2.09. The minimum atomic E-state index is 0.812. The molecule has 0 atom stereocenters. The molecule has 1 fully saturated rings. The lowest BCUT2D eigenvalue weighted by Crippen LogP contribution is -2.19. The molecule has 1 aromatic heterocycles. The van der Waals surface area contributed by atoms with Crippen molar-refractivity contribution in [3.05, 3.63) is 23.2 Å². The molecule has 1 aliphatic carbocycles. The third-order valence-corrected chi connectivity index (χ3v) is 2.93. The molecule has 1 aliphatic rings. The van der Waals surface area contributed by atoms with E-state index in [0.717, 1.165) is 43.7 Å². The molecule has 0 spiro atoms. The van der Waals surface area contributed by atoms with Crippen molar-refractivity contribution in [1.82, 2.24) is 5.32 Å². The van der Waals surface area contributed by atoms with Gasteiger partial charge in [0, 0.05) is 25.3 Å². The van der Waals surface area contributed by atoms with E-state index in [1.165, 1.54) is 18.4 Å². The van der Waals surface area contributed by atoms with Crippen molar-refractivity contribution >= 4 is 0 Å². The number of rotatable bonds is 7. The summed E-state index contributed by atoms with van der Waals surface area (Å²) in [6.45, 7) is 7.53. The van der Waals surface area contributed by atoms with Crippen molar-refractivity contribution in [1.29, 1.82) is 0 Å². The Morgan fingerprint density at radius 1 is 1.44 bits per heavy atom. The Kier molecular flexibility index (Phi) is 4.02. The van der Waals surface area contributed by atoms with Crippen LogP contribution in [0.5, 0.6) is 0 Å². The standard InChI is InChI=1S/C13H21NO2/c1-10-7-13(11(2)16-10)8-14-5-6-15-9-12-3-4-12/h7,12,14H,3-6,8-9H2,1-2H3. The third kappa shape index (κ3) is 3.65. The van der Waals surface area contributed by atoms with Gasteiger partial charge in [-0.3, -0.25) is 0 Å². The van der Waals surface area contributed by atoms with Gasteiger partial charge in [-0.1, -0.05) is 0 Å². The number of hydrogen-bond acceptors (Lipinski definition) is 3. The SMILES string of the molecule is Cc1cc(CNCCOCC2CC2)c(C)o1. The molecule has 3 heteroatoms. The van der Waals surface area contributed by atoms with Crippen LogP contribution in [0, 0.1) is 19.8 Å². The largest absolute Gasteiger partial charge is 0.466 e. The molecule has 0 radical (unpaired) electrons. The van der Waals surface area contributed by atoms with Gasteiger partial charge in [-0.2, -0.15) is 0 Å². The second kappa shape index (κ2) is 5.51. The first-order valence-corrected chi connectivity index (χ1v) is 6.10. The Labute approximate surface area is 97.2 Å². The van der Waals surface area contributed by atoms with E-state index < -0.39 is 0 Å². The zero-order valence-electron chi connectivity index (χ0n) is 10.2. The van der Waals surface area contributed by atoms with E-state index in [0.29, 0.717) is 0 Å². The van der Waals surface area contributed by atoms with Gasteiger partial charge < -0.3 is 14.5 Å². The maximum Gasteiger partial charge on any atom is 0.105 e. The average molecular weight is 223 g/mol. The van der Waals surface area contributed by atoms with Gasteiger partial charge in [-0.05, 0) is 38.7 Å². The maximum absolute atomic E-state index is 5.55. The van der Waals surface area contributed by atoms with Crippen LogP contribution < -0.4 is 5.32 Å². The number of furan rings is 1. The van der Waals surface area contributed by atoms with Crippen LogP contribution in [0.4, 0.5) is 0 Å². The van der Waals surface area contributed by atoms with Crippen LogP contribution in [0.2, 0.25) is 0 Å². The number of ether oxygens (including phenoxy) is 1. The Bertz CT molecular complexity index is 329. The van der Waals surface area contributed by atoms with Crippen LogP contribution in [0.25, 0.3) is 0 Å². The first-order valence-electron chi connectivity index (χ1n) is 6.10. The first-order chi connectivity index (χ1) is 7.75. The van der Waals surface area contributed by atoms with Crippen LogP contribution in [0.15, 0.2) is 10.5 Å². The van der Waals surface area contributed by atoms with Crippen LogP contribution in [0.3, 0.4) is 0 Å². The van der Waals surface area contributed by atoms with Crippen LogP contribution in [-0.2, 0) is 11.3 Å². The molecule has 0 aromatic carbocycles. The fourth-order valence-corrected chi connectivity index (χ4v) is 1.76. The average Bonchev–Trinajstić information content (AvgIpc) is 2.99. The highest BCUT2D eigenvalue weighted by Crippen LogP contribution is 2.28. The zero-order chi connectivity index (χ0) is 11.4. The molecular weight excluding hydrogens is 202 g/mol. The van der Waals surface area contributed by atoms with Crippen molar-refractivity contribution in [2.45, 2.75) is 33.2 Å².